The van der Waals surface area contributed by atoms with Gasteiger partial charge in [-0.3, -0.25) is 9.35 Å². The van der Waals surface area contributed by atoms with Crippen molar-refractivity contribution in [2.75, 3.05) is 0 Å². The van der Waals surface area contributed by atoms with Gasteiger partial charge in [-0.1, -0.05) is 29.3 Å². The molecule has 2 aromatic rings. The highest BCUT2D eigenvalue weighted by atomic mass is 79.9. The lowest BCUT2D eigenvalue weighted by Crippen LogP contribution is -2.15. The minimum absolute atomic E-state index is 0.0666. The van der Waals surface area contributed by atoms with Gasteiger partial charge in [0, 0.05) is 16.6 Å². The molecule has 0 spiro atoms. The number of hydrogen-bond donors (Lipinski definition) is 4. The summed E-state index contributed by atoms with van der Waals surface area (Å²) in [6.45, 7) is 1.84. The second-order valence-corrected chi connectivity index (χ2v) is 8.03. The number of benzene rings is 2. The number of nitrogens with two attached hydrogens (primary N) is 1. The molecule has 26 heavy (non-hydrogen) atoms. The van der Waals surface area contributed by atoms with E-state index in [0.717, 1.165) is 5.56 Å². The molecule has 0 aromatic heterocycles. The molecule has 10 heteroatoms. The average Bonchev–Trinajstić information content (AvgIpc) is 2.50. The molecule has 7 nitrogen and oxygen atoms in total. The number of rotatable bonds is 4. The molecule has 2 rings (SSSR count). The van der Waals surface area contributed by atoms with Crippen molar-refractivity contribution in [3.05, 3.63) is 57.0 Å². The lowest BCUT2D eigenvalue weighted by atomic mass is 10.0. The number of aromatic hydroxyl groups is 1. The second-order valence-electron chi connectivity index (χ2n) is 5.32. The largest absolute Gasteiger partial charge is 0.506 e. The normalized spacial score (nSPS) is 12.0. The summed E-state index contributed by atoms with van der Waals surface area (Å²) in [5, 5.41) is 18.6. The number of hydrogen-bond acceptors (Lipinski definition) is 5. The molecule has 0 saturated heterocycles. The van der Waals surface area contributed by atoms with E-state index in [9.17, 15) is 18.3 Å². The molecule has 142 valence electrons. The van der Waals surface area contributed by atoms with Crippen LogP contribution in [0.15, 0.2) is 45.8 Å². The van der Waals surface area contributed by atoms with Gasteiger partial charge in [0.05, 0.1) is 15.8 Å². The van der Waals surface area contributed by atoms with Gasteiger partial charge in [-0.05, 0) is 47.1 Å². The van der Waals surface area contributed by atoms with Crippen LogP contribution in [-0.4, -0.2) is 29.2 Å². The van der Waals surface area contributed by atoms with Crippen LogP contribution in [0.1, 0.15) is 23.6 Å². The van der Waals surface area contributed by atoms with Crippen LogP contribution in [0.4, 0.5) is 0 Å². The van der Waals surface area contributed by atoms with E-state index in [2.05, 4.69) is 15.9 Å². The number of halogens is 2. The smallest absolute Gasteiger partial charge is 0.305 e. The van der Waals surface area contributed by atoms with E-state index in [1.165, 1.54) is 24.3 Å². The quantitative estimate of drug-likeness (QED) is 0.506. The van der Waals surface area contributed by atoms with Crippen molar-refractivity contribution in [1.29, 1.82) is 0 Å². The van der Waals surface area contributed by atoms with Gasteiger partial charge in [0.15, 0.2) is 0 Å². The van der Waals surface area contributed by atoms with Gasteiger partial charge in [0.1, 0.15) is 5.75 Å². The third kappa shape index (κ3) is 6.93. The van der Waals surface area contributed by atoms with E-state index >= 15 is 0 Å². The van der Waals surface area contributed by atoms with Gasteiger partial charge < -0.3 is 15.9 Å². The van der Waals surface area contributed by atoms with Crippen LogP contribution in [0, 0.1) is 6.92 Å². The van der Waals surface area contributed by atoms with Gasteiger partial charge in [-0.25, -0.2) is 0 Å². The average molecular weight is 467 g/mol. The Kier molecular flexibility index (Phi) is 8.04. The summed E-state index contributed by atoms with van der Waals surface area (Å²) in [7, 11) is -4.02. The molecule has 0 unspecified atom stereocenters. The molecule has 0 aliphatic heterocycles. The number of carboxylic acids is 1. The number of aliphatic carboxylic acids is 1. The maximum atomic E-state index is 10.5. The van der Waals surface area contributed by atoms with Crippen LogP contribution >= 0.6 is 27.5 Å². The van der Waals surface area contributed by atoms with Gasteiger partial charge in [-0.2, -0.15) is 8.42 Å². The molecule has 1 atom stereocenters. The van der Waals surface area contributed by atoms with Crippen molar-refractivity contribution in [1.82, 2.24) is 0 Å². The molecule has 0 heterocycles. The van der Waals surface area contributed by atoms with Crippen molar-refractivity contribution in [3.8, 4) is 5.75 Å². The lowest BCUT2D eigenvalue weighted by molar-refractivity contribution is -0.137. The molecular weight excluding hydrogens is 450 g/mol. The zero-order valence-corrected chi connectivity index (χ0v) is 16.7. The maximum Gasteiger partial charge on any atom is 0.305 e. The Hall–Kier alpha value is -1.65. The maximum absolute atomic E-state index is 10.5. The summed E-state index contributed by atoms with van der Waals surface area (Å²) < 4.78 is 29.9. The van der Waals surface area contributed by atoms with E-state index in [-0.39, 0.29) is 17.1 Å². The first-order valence-corrected chi connectivity index (χ1v) is 9.72. The molecule has 0 radical (unpaired) electrons. The molecule has 0 bridgehead atoms. The Labute approximate surface area is 164 Å². The summed E-state index contributed by atoms with van der Waals surface area (Å²) >= 11 is 8.85. The molecule has 0 amide bonds. The Balaban J connectivity index is 0.000000273. The van der Waals surface area contributed by atoms with E-state index < -0.39 is 22.1 Å². The highest BCUT2D eigenvalue weighted by molar-refractivity contribution is 9.10. The van der Waals surface area contributed by atoms with Gasteiger partial charge >= 0.3 is 5.97 Å². The van der Waals surface area contributed by atoms with Crippen LogP contribution < -0.4 is 5.73 Å². The van der Waals surface area contributed by atoms with Crippen molar-refractivity contribution in [2.45, 2.75) is 24.3 Å². The number of carbonyl (C=O) groups is 1. The fourth-order valence-electron chi connectivity index (χ4n) is 1.88. The number of carboxylic acid groups (broad SMARTS) is 1. The molecule has 0 fully saturated rings. The molecule has 2 aromatic carbocycles. The summed E-state index contributed by atoms with van der Waals surface area (Å²) in [6, 6.07) is 8.17. The van der Waals surface area contributed by atoms with E-state index in [1.54, 1.807) is 12.1 Å². The van der Waals surface area contributed by atoms with E-state index in [4.69, 9.17) is 27.0 Å². The molecule has 0 saturated carbocycles. The Morgan fingerprint density at radius 1 is 1.27 bits per heavy atom. The number of phenolic OH excluding ortho intramolecular Hbond substituents is 1. The van der Waals surface area contributed by atoms with Crippen LogP contribution in [-0.2, 0) is 14.9 Å². The monoisotopic (exact) mass is 465 g/mol. The van der Waals surface area contributed by atoms with Crippen molar-refractivity contribution in [2.24, 2.45) is 5.73 Å². The highest BCUT2D eigenvalue weighted by Gasteiger charge is 2.17. The first-order valence-electron chi connectivity index (χ1n) is 7.11. The van der Waals surface area contributed by atoms with Crippen LogP contribution in [0.25, 0.3) is 0 Å². The molecular formula is C16H17BrClNO6S. The van der Waals surface area contributed by atoms with Crippen LogP contribution in [0.2, 0.25) is 5.02 Å². The van der Waals surface area contributed by atoms with Crippen LogP contribution in [0.3, 0.4) is 0 Å². The predicted molar refractivity (Wildman–Crippen MR) is 101 cm³/mol. The van der Waals surface area contributed by atoms with E-state index in [1.807, 2.05) is 6.92 Å². The predicted octanol–water partition coefficient (Wildman–Crippen LogP) is 3.52. The van der Waals surface area contributed by atoms with Gasteiger partial charge in [0.2, 0.25) is 0 Å². The SMILES string of the molecule is Cc1ccc(S(=O)(=O)O)cc1.N[C@@H](CC(=O)O)c1cc(Cl)cc(Br)c1O. The zero-order chi connectivity index (χ0) is 20.1. The highest BCUT2D eigenvalue weighted by Crippen LogP contribution is 2.35. The zero-order valence-electron chi connectivity index (χ0n) is 13.6. The van der Waals surface area contributed by atoms with Crippen molar-refractivity contribution in [3.63, 3.8) is 0 Å². The minimum Gasteiger partial charge on any atom is -0.506 e. The Morgan fingerprint density at radius 2 is 1.81 bits per heavy atom. The first kappa shape index (κ1) is 22.4. The lowest BCUT2D eigenvalue weighted by Gasteiger charge is -2.12. The molecule has 0 aliphatic carbocycles. The van der Waals surface area contributed by atoms with Crippen molar-refractivity contribution < 1.29 is 28.0 Å². The van der Waals surface area contributed by atoms with E-state index in [0.29, 0.717) is 15.1 Å². The Morgan fingerprint density at radius 3 is 2.27 bits per heavy atom. The fraction of sp³-hybridized carbons (Fsp3) is 0.188. The molecule has 5 N–H and O–H groups in total. The standard InChI is InChI=1S/C9H9BrClNO3.C7H8O3S/c10-6-2-4(11)1-5(9(6)15)7(12)3-8(13)14;1-6-2-4-7(5-3-6)11(8,9)10/h1-2,7,15H,3,12H2,(H,13,14);2-5H,1H3,(H,8,9,10)/t7-;/m0./s1. The summed E-state index contributed by atoms with van der Waals surface area (Å²) in [4.78, 5) is 10.4. The third-order valence-electron chi connectivity index (χ3n) is 3.17. The Bertz CT molecular complexity index is 886. The fourth-order valence-corrected chi connectivity index (χ4v) is 3.19. The first-order chi connectivity index (χ1) is 11.9. The number of phenols is 1. The van der Waals surface area contributed by atoms with Gasteiger partial charge in [0.25, 0.3) is 10.1 Å². The minimum atomic E-state index is -4.02. The van der Waals surface area contributed by atoms with Crippen molar-refractivity contribution >= 4 is 43.6 Å². The third-order valence-corrected chi connectivity index (χ3v) is 4.86. The number of aryl methyl sites for hydroxylation is 1. The topological polar surface area (TPSA) is 138 Å². The summed E-state index contributed by atoms with van der Waals surface area (Å²) in [5.74, 6) is -1.11. The molecule has 0 aliphatic rings. The summed E-state index contributed by atoms with van der Waals surface area (Å²) in [5.41, 5.74) is 6.89. The van der Waals surface area contributed by atoms with Crippen LogP contribution in [0.5, 0.6) is 5.75 Å². The summed E-state index contributed by atoms with van der Waals surface area (Å²) in [6.07, 6.45) is -0.264. The second kappa shape index (κ2) is 9.33. The van der Waals surface area contributed by atoms with Gasteiger partial charge in [-0.15, -0.1) is 0 Å².